The van der Waals surface area contributed by atoms with Crippen molar-refractivity contribution in [1.82, 2.24) is 9.13 Å². The highest BCUT2D eigenvalue weighted by atomic mass is 15.0. The summed E-state index contributed by atoms with van der Waals surface area (Å²) in [6, 6.07) is 58.8. The van der Waals surface area contributed by atoms with Gasteiger partial charge in [0.1, 0.15) is 6.07 Å². The van der Waals surface area contributed by atoms with Crippen LogP contribution < -0.4 is 0 Å². The molecule has 9 rings (SSSR count). The quantitative estimate of drug-likeness (QED) is 0.199. The molecule has 9 aromatic rings. The lowest BCUT2D eigenvalue weighted by Crippen LogP contribution is -2.00. The fraction of sp³-hybridized carbons (Fsp3) is 0. The summed E-state index contributed by atoms with van der Waals surface area (Å²) in [6.45, 7) is 0. The van der Waals surface area contributed by atoms with Gasteiger partial charge in [0.05, 0.1) is 45.0 Å². The summed E-state index contributed by atoms with van der Waals surface area (Å²) < 4.78 is 4.49. The molecular formula is C44H26N4. The van der Waals surface area contributed by atoms with Gasteiger partial charge in [0.2, 0.25) is 0 Å². The van der Waals surface area contributed by atoms with Crippen LogP contribution in [0.25, 0.3) is 77.2 Å². The van der Waals surface area contributed by atoms with Crippen molar-refractivity contribution >= 4 is 43.6 Å². The maximum atomic E-state index is 10.3. The van der Waals surface area contributed by atoms with E-state index in [1.165, 1.54) is 10.8 Å². The SMILES string of the molecule is N#Cc1ccc(-n2c3ccccc3c3ccccc32)cc1-c1ccc(-c2cccc(C#N)c2-n2c3ccccc3c3ccccc32)cc1. The van der Waals surface area contributed by atoms with Crippen molar-refractivity contribution in [3.05, 3.63) is 169 Å². The molecule has 222 valence electrons. The van der Waals surface area contributed by atoms with Gasteiger partial charge in [-0.1, -0.05) is 109 Å². The first-order valence-electron chi connectivity index (χ1n) is 15.9. The summed E-state index contributed by atoms with van der Waals surface area (Å²) in [7, 11) is 0. The number of benzene rings is 7. The molecule has 0 aliphatic carbocycles. The molecule has 0 atom stereocenters. The zero-order chi connectivity index (χ0) is 32.2. The minimum Gasteiger partial charge on any atom is -0.309 e. The predicted octanol–water partition coefficient (Wildman–Crippen LogP) is 11.0. The number of hydrogen-bond acceptors (Lipinski definition) is 2. The number of fused-ring (bicyclic) bond motifs is 6. The van der Waals surface area contributed by atoms with Crippen LogP contribution in [0.2, 0.25) is 0 Å². The van der Waals surface area contributed by atoms with E-state index in [0.717, 1.165) is 66.5 Å². The number of hydrogen-bond donors (Lipinski definition) is 0. The Hall–Kier alpha value is -6.88. The van der Waals surface area contributed by atoms with E-state index in [2.05, 4.69) is 143 Å². The van der Waals surface area contributed by atoms with E-state index in [4.69, 9.17) is 0 Å². The predicted molar refractivity (Wildman–Crippen MR) is 195 cm³/mol. The monoisotopic (exact) mass is 610 g/mol. The van der Waals surface area contributed by atoms with Crippen molar-refractivity contribution in [1.29, 1.82) is 10.5 Å². The first-order chi connectivity index (χ1) is 23.7. The van der Waals surface area contributed by atoms with Crippen LogP contribution in [0.1, 0.15) is 11.1 Å². The molecule has 0 N–H and O–H groups in total. The molecule has 0 saturated carbocycles. The zero-order valence-corrected chi connectivity index (χ0v) is 25.8. The molecule has 0 amide bonds. The second kappa shape index (κ2) is 10.9. The Kier molecular flexibility index (Phi) is 6.22. The summed E-state index contributed by atoms with van der Waals surface area (Å²) in [5.41, 5.74) is 11.2. The Morgan fingerprint density at radius 1 is 0.375 bits per heavy atom. The van der Waals surface area contributed by atoms with Crippen molar-refractivity contribution < 1.29 is 0 Å². The Labute approximate surface area is 277 Å². The van der Waals surface area contributed by atoms with Crippen LogP contribution in [0.4, 0.5) is 0 Å². The first kappa shape index (κ1) is 27.4. The summed E-state index contributed by atoms with van der Waals surface area (Å²) in [4.78, 5) is 0. The van der Waals surface area contributed by atoms with Crippen LogP contribution in [-0.4, -0.2) is 9.13 Å². The minimum absolute atomic E-state index is 0.605. The van der Waals surface area contributed by atoms with E-state index < -0.39 is 0 Å². The lowest BCUT2D eigenvalue weighted by molar-refractivity contribution is 1.17. The van der Waals surface area contributed by atoms with E-state index in [-0.39, 0.29) is 0 Å². The number of rotatable bonds is 4. The average molecular weight is 611 g/mol. The Bertz CT molecular complexity index is 2690. The maximum Gasteiger partial charge on any atom is 0.101 e. The molecule has 0 unspecified atom stereocenters. The fourth-order valence-corrected chi connectivity index (χ4v) is 7.31. The van der Waals surface area contributed by atoms with Gasteiger partial charge in [-0.2, -0.15) is 10.5 Å². The normalized spacial score (nSPS) is 11.3. The standard InChI is InChI=1S/C44H26N4/c45-27-31-24-25-33(47-40-16-5-1-11-35(40)36-12-2-6-17-41(36)47)26-39(31)30-22-20-29(21-23-30)34-15-9-10-32(28-46)44(34)48-42-18-7-3-13-37(42)38-14-4-8-19-43(38)48/h1-26H. The Morgan fingerprint density at radius 3 is 1.33 bits per heavy atom. The topological polar surface area (TPSA) is 57.4 Å². The van der Waals surface area contributed by atoms with Gasteiger partial charge in [0, 0.05) is 38.4 Å². The molecule has 0 spiro atoms. The summed E-state index contributed by atoms with van der Waals surface area (Å²) in [5, 5.41) is 25.2. The lowest BCUT2D eigenvalue weighted by atomic mass is 9.95. The fourth-order valence-electron chi connectivity index (χ4n) is 7.31. The van der Waals surface area contributed by atoms with E-state index >= 15 is 0 Å². The van der Waals surface area contributed by atoms with E-state index in [1.54, 1.807) is 0 Å². The molecule has 4 nitrogen and oxygen atoms in total. The first-order valence-corrected chi connectivity index (χ1v) is 15.9. The van der Waals surface area contributed by atoms with Gasteiger partial charge in [-0.15, -0.1) is 0 Å². The van der Waals surface area contributed by atoms with Crippen LogP contribution in [0.3, 0.4) is 0 Å². The van der Waals surface area contributed by atoms with E-state index in [1.807, 2.05) is 36.4 Å². The molecule has 0 aliphatic rings. The van der Waals surface area contributed by atoms with Gasteiger partial charge in [0.25, 0.3) is 0 Å². The van der Waals surface area contributed by atoms with Gasteiger partial charge < -0.3 is 9.13 Å². The van der Waals surface area contributed by atoms with Crippen molar-refractivity contribution in [2.24, 2.45) is 0 Å². The molecule has 0 radical (unpaired) electrons. The van der Waals surface area contributed by atoms with Crippen molar-refractivity contribution in [3.63, 3.8) is 0 Å². The van der Waals surface area contributed by atoms with Crippen molar-refractivity contribution in [3.8, 4) is 45.8 Å². The summed E-state index contributed by atoms with van der Waals surface area (Å²) in [5.74, 6) is 0. The lowest BCUT2D eigenvalue weighted by Gasteiger charge is -2.16. The highest BCUT2D eigenvalue weighted by Crippen LogP contribution is 2.39. The molecule has 0 fully saturated rings. The summed E-state index contributed by atoms with van der Waals surface area (Å²) >= 11 is 0. The number of nitriles is 2. The van der Waals surface area contributed by atoms with Crippen LogP contribution in [-0.2, 0) is 0 Å². The zero-order valence-electron chi connectivity index (χ0n) is 25.8. The average Bonchev–Trinajstić information content (AvgIpc) is 3.67. The number of para-hydroxylation sites is 5. The van der Waals surface area contributed by atoms with Gasteiger partial charge in [-0.3, -0.25) is 0 Å². The molecule has 2 aromatic heterocycles. The van der Waals surface area contributed by atoms with E-state index in [0.29, 0.717) is 11.1 Å². The third-order valence-corrected chi connectivity index (χ3v) is 9.43. The van der Waals surface area contributed by atoms with Gasteiger partial charge in [0.15, 0.2) is 0 Å². The van der Waals surface area contributed by atoms with Gasteiger partial charge in [-0.25, -0.2) is 0 Å². The third-order valence-electron chi connectivity index (χ3n) is 9.43. The van der Waals surface area contributed by atoms with Crippen LogP contribution in [0.5, 0.6) is 0 Å². The van der Waals surface area contributed by atoms with Crippen molar-refractivity contribution in [2.45, 2.75) is 0 Å². The van der Waals surface area contributed by atoms with Crippen molar-refractivity contribution in [2.75, 3.05) is 0 Å². The molecule has 0 aliphatic heterocycles. The maximum absolute atomic E-state index is 10.3. The molecule has 4 heteroatoms. The van der Waals surface area contributed by atoms with Crippen LogP contribution in [0, 0.1) is 22.7 Å². The number of nitrogens with zero attached hydrogens (tertiary/aromatic N) is 4. The highest BCUT2D eigenvalue weighted by Gasteiger charge is 2.19. The van der Waals surface area contributed by atoms with Gasteiger partial charge in [-0.05, 0) is 59.7 Å². The van der Waals surface area contributed by atoms with Gasteiger partial charge >= 0.3 is 0 Å². The third kappa shape index (κ3) is 4.07. The molecule has 0 bridgehead atoms. The van der Waals surface area contributed by atoms with Crippen LogP contribution in [0.15, 0.2) is 158 Å². The largest absolute Gasteiger partial charge is 0.309 e. The molecule has 48 heavy (non-hydrogen) atoms. The Morgan fingerprint density at radius 2 is 0.833 bits per heavy atom. The molecule has 7 aromatic carbocycles. The smallest absolute Gasteiger partial charge is 0.101 e. The molecule has 2 heterocycles. The second-order valence-corrected chi connectivity index (χ2v) is 12.0. The highest BCUT2D eigenvalue weighted by molar-refractivity contribution is 6.10. The molecule has 0 saturated heterocycles. The van der Waals surface area contributed by atoms with E-state index in [9.17, 15) is 10.5 Å². The second-order valence-electron chi connectivity index (χ2n) is 12.0. The Balaban J connectivity index is 1.20. The van der Waals surface area contributed by atoms with Crippen LogP contribution >= 0.6 is 0 Å². The minimum atomic E-state index is 0.605. The summed E-state index contributed by atoms with van der Waals surface area (Å²) in [6.07, 6.45) is 0. The number of aromatic nitrogens is 2. The molecular weight excluding hydrogens is 585 g/mol.